The van der Waals surface area contributed by atoms with Crippen LogP contribution in [0.2, 0.25) is 0 Å². The zero-order valence-corrected chi connectivity index (χ0v) is 11.7. The molecule has 3 rings (SSSR count). The summed E-state index contributed by atoms with van der Waals surface area (Å²) in [5.41, 5.74) is 1.71. The molecule has 2 amide bonds. The lowest BCUT2D eigenvalue weighted by Gasteiger charge is -2.33. The van der Waals surface area contributed by atoms with E-state index in [1.165, 1.54) is 0 Å². The molecule has 0 aromatic heterocycles. The maximum atomic E-state index is 12.6. The van der Waals surface area contributed by atoms with Gasteiger partial charge < -0.3 is 10.1 Å². The van der Waals surface area contributed by atoms with Crippen LogP contribution in [0.3, 0.4) is 0 Å². The third kappa shape index (κ3) is 2.24. The van der Waals surface area contributed by atoms with E-state index in [0.29, 0.717) is 17.4 Å². The van der Waals surface area contributed by atoms with Crippen LogP contribution in [0, 0.1) is 12.8 Å². The second-order valence-electron chi connectivity index (χ2n) is 5.48. The third-order valence-electron chi connectivity index (χ3n) is 3.87. The van der Waals surface area contributed by atoms with E-state index >= 15 is 0 Å². The van der Waals surface area contributed by atoms with E-state index in [1.54, 1.807) is 12.0 Å². The molecule has 0 radical (unpaired) electrons. The minimum atomic E-state index is -0.374. The van der Waals surface area contributed by atoms with Crippen molar-refractivity contribution in [3.05, 3.63) is 23.8 Å². The van der Waals surface area contributed by atoms with Crippen molar-refractivity contribution in [2.45, 2.75) is 25.8 Å². The van der Waals surface area contributed by atoms with Gasteiger partial charge in [-0.25, -0.2) is 0 Å². The number of amides is 2. The summed E-state index contributed by atoms with van der Waals surface area (Å²) in [5, 5.41) is 2.81. The number of aryl methyl sites for hydroxylation is 1. The van der Waals surface area contributed by atoms with Crippen molar-refractivity contribution in [2.75, 3.05) is 18.6 Å². The Bertz CT molecular complexity index is 566. The summed E-state index contributed by atoms with van der Waals surface area (Å²) < 4.78 is 5.32. The summed E-state index contributed by atoms with van der Waals surface area (Å²) in [6, 6.07) is 5.27. The first-order valence-corrected chi connectivity index (χ1v) is 6.85. The highest BCUT2D eigenvalue weighted by Crippen LogP contribution is 2.37. The predicted molar refractivity (Wildman–Crippen MR) is 74.7 cm³/mol. The monoisotopic (exact) mass is 274 g/mol. The second kappa shape index (κ2) is 4.81. The SMILES string of the molecule is COc1ccc(C)cc1N1CC(=O)NC(C2CC2)C1=O. The topological polar surface area (TPSA) is 58.6 Å². The smallest absolute Gasteiger partial charge is 0.250 e. The van der Waals surface area contributed by atoms with Crippen LogP contribution in [0.15, 0.2) is 18.2 Å². The Balaban J connectivity index is 1.97. The fourth-order valence-corrected chi connectivity index (χ4v) is 2.63. The quantitative estimate of drug-likeness (QED) is 0.902. The number of carbonyl (C=O) groups is 2. The van der Waals surface area contributed by atoms with Crippen LogP contribution < -0.4 is 15.0 Å². The van der Waals surface area contributed by atoms with Gasteiger partial charge in [-0.1, -0.05) is 6.07 Å². The molecule has 0 bridgehead atoms. The molecule has 0 spiro atoms. The van der Waals surface area contributed by atoms with Crippen LogP contribution in [0.5, 0.6) is 5.75 Å². The van der Waals surface area contributed by atoms with Crippen molar-refractivity contribution in [2.24, 2.45) is 5.92 Å². The molecule has 106 valence electrons. The van der Waals surface area contributed by atoms with Gasteiger partial charge in [-0.3, -0.25) is 14.5 Å². The number of hydrogen-bond acceptors (Lipinski definition) is 3. The van der Waals surface area contributed by atoms with Gasteiger partial charge in [0.05, 0.1) is 12.8 Å². The second-order valence-corrected chi connectivity index (χ2v) is 5.48. The van der Waals surface area contributed by atoms with Crippen molar-refractivity contribution < 1.29 is 14.3 Å². The zero-order valence-electron chi connectivity index (χ0n) is 11.7. The van der Waals surface area contributed by atoms with Crippen LogP contribution in [-0.4, -0.2) is 31.5 Å². The van der Waals surface area contributed by atoms with Gasteiger partial charge >= 0.3 is 0 Å². The predicted octanol–water partition coefficient (Wildman–Crippen LogP) is 1.25. The van der Waals surface area contributed by atoms with Gasteiger partial charge in [0.2, 0.25) is 11.8 Å². The van der Waals surface area contributed by atoms with Crippen LogP contribution in [-0.2, 0) is 9.59 Å². The van der Waals surface area contributed by atoms with Crippen LogP contribution >= 0.6 is 0 Å². The summed E-state index contributed by atoms with van der Waals surface area (Å²) in [5.74, 6) is 0.777. The van der Waals surface area contributed by atoms with Crippen molar-refractivity contribution >= 4 is 17.5 Å². The first-order chi connectivity index (χ1) is 9.60. The molecule has 1 unspecified atom stereocenters. The number of carbonyl (C=O) groups excluding carboxylic acids is 2. The van der Waals surface area contributed by atoms with Gasteiger partial charge in [0.1, 0.15) is 18.3 Å². The molecule has 1 heterocycles. The fraction of sp³-hybridized carbons (Fsp3) is 0.467. The maximum Gasteiger partial charge on any atom is 0.250 e. The average Bonchev–Trinajstić information content (AvgIpc) is 3.25. The van der Waals surface area contributed by atoms with Crippen LogP contribution in [0.4, 0.5) is 5.69 Å². The van der Waals surface area contributed by atoms with E-state index < -0.39 is 0 Å². The lowest BCUT2D eigenvalue weighted by molar-refractivity contribution is -0.131. The van der Waals surface area contributed by atoms with Gasteiger partial charge in [0, 0.05) is 0 Å². The Kier molecular flexibility index (Phi) is 3.12. The van der Waals surface area contributed by atoms with Gasteiger partial charge in [0.25, 0.3) is 0 Å². The molecular weight excluding hydrogens is 256 g/mol. The molecule has 1 atom stereocenters. The number of methoxy groups -OCH3 is 1. The third-order valence-corrected chi connectivity index (χ3v) is 3.87. The zero-order chi connectivity index (χ0) is 14.3. The first-order valence-electron chi connectivity index (χ1n) is 6.85. The number of anilines is 1. The Morgan fingerprint density at radius 3 is 2.70 bits per heavy atom. The summed E-state index contributed by atoms with van der Waals surface area (Å²) in [6.07, 6.45) is 2.02. The Morgan fingerprint density at radius 2 is 2.05 bits per heavy atom. The fourth-order valence-electron chi connectivity index (χ4n) is 2.63. The highest BCUT2D eigenvalue weighted by Gasteiger charge is 2.43. The molecule has 1 aromatic carbocycles. The molecule has 1 saturated heterocycles. The maximum absolute atomic E-state index is 12.6. The van der Waals surface area contributed by atoms with Crippen molar-refractivity contribution in [3.63, 3.8) is 0 Å². The van der Waals surface area contributed by atoms with Gasteiger partial charge in [0.15, 0.2) is 0 Å². The molecular formula is C15H18N2O3. The van der Waals surface area contributed by atoms with E-state index in [0.717, 1.165) is 18.4 Å². The summed E-state index contributed by atoms with van der Waals surface area (Å²) in [7, 11) is 1.57. The summed E-state index contributed by atoms with van der Waals surface area (Å²) in [4.78, 5) is 26.0. The Morgan fingerprint density at radius 1 is 1.30 bits per heavy atom. The molecule has 5 nitrogen and oxygen atoms in total. The molecule has 20 heavy (non-hydrogen) atoms. The molecule has 1 aromatic rings. The molecule has 2 fully saturated rings. The van der Waals surface area contributed by atoms with Crippen molar-refractivity contribution in [1.82, 2.24) is 5.32 Å². The first kappa shape index (κ1) is 13.0. The summed E-state index contributed by atoms with van der Waals surface area (Å²) >= 11 is 0. The van der Waals surface area contributed by atoms with Gasteiger partial charge in [-0.05, 0) is 43.4 Å². The lowest BCUT2D eigenvalue weighted by Crippen LogP contribution is -2.59. The van der Waals surface area contributed by atoms with E-state index in [9.17, 15) is 9.59 Å². The highest BCUT2D eigenvalue weighted by atomic mass is 16.5. The number of hydrogen-bond donors (Lipinski definition) is 1. The van der Waals surface area contributed by atoms with Gasteiger partial charge in [-0.2, -0.15) is 0 Å². The van der Waals surface area contributed by atoms with E-state index in [1.807, 2.05) is 25.1 Å². The largest absolute Gasteiger partial charge is 0.495 e. The number of nitrogens with one attached hydrogen (secondary N) is 1. The van der Waals surface area contributed by atoms with Gasteiger partial charge in [-0.15, -0.1) is 0 Å². The molecule has 5 heteroatoms. The average molecular weight is 274 g/mol. The number of piperazine rings is 1. The van der Waals surface area contributed by atoms with E-state index in [-0.39, 0.29) is 24.4 Å². The summed E-state index contributed by atoms with van der Waals surface area (Å²) in [6.45, 7) is 2.01. The molecule has 1 aliphatic heterocycles. The number of ether oxygens (including phenoxy) is 1. The standard InChI is InChI=1S/C15H18N2O3/c1-9-3-6-12(20-2)11(7-9)17-8-13(18)16-14(15(17)19)10-4-5-10/h3,6-7,10,14H,4-5,8H2,1-2H3,(H,16,18). The number of benzene rings is 1. The Labute approximate surface area is 117 Å². The highest BCUT2D eigenvalue weighted by molar-refractivity contribution is 6.07. The molecule has 1 saturated carbocycles. The lowest BCUT2D eigenvalue weighted by atomic mass is 10.1. The minimum absolute atomic E-state index is 0.0315. The van der Waals surface area contributed by atoms with E-state index in [2.05, 4.69) is 5.32 Å². The van der Waals surface area contributed by atoms with Crippen molar-refractivity contribution in [1.29, 1.82) is 0 Å². The molecule has 1 N–H and O–H groups in total. The van der Waals surface area contributed by atoms with Crippen molar-refractivity contribution in [3.8, 4) is 5.75 Å². The number of rotatable bonds is 3. The molecule has 2 aliphatic rings. The number of nitrogens with zero attached hydrogens (tertiary/aromatic N) is 1. The van der Waals surface area contributed by atoms with Crippen LogP contribution in [0.25, 0.3) is 0 Å². The van der Waals surface area contributed by atoms with E-state index in [4.69, 9.17) is 4.74 Å². The normalized spacial score (nSPS) is 22.7. The minimum Gasteiger partial charge on any atom is -0.495 e. The Hall–Kier alpha value is -2.04. The molecule has 1 aliphatic carbocycles. The van der Waals surface area contributed by atoms with Crippen LogP contribution in [0.1, 0.15) is 18.4 Å².